The van der Waals surface area contributed by atoms with E-state index >= 15 is 0 Å². The average Bonchev–Trinajstić information content (AvgIpc) is 1.63. The molecule has 0 bridgehead atoms. The average molecular weight is 129 g/mol. The number of nitrogens with two attached hydrogens (primary N) is 1. The number of hydrogen-bond donors (Lipinski definition) is 2. The summed E-state index contributed by atoms with van der Waals surface area (Å²) >= 11 is 0. The van der Waals surface area contributed by atoms with Crippen molar-refractivity contribution in [2.45, 2.75) is 18.9 Å². The van der Waals surface area contributed by atoms with Gasteiger partial charge in [-0.25, -0.2) is 0 Å². The predicted octanol–water partition coefficient (Wildman–Crippen LogP) is 0.365. The highest BCUT2D eigenvalue weighted by Crippen LogP contribution is 1.93. The number of aliphatic carboxylic acids is 1. The highest BCUT2D eigenvalue weighted by Gasteiger charge is 2.04. The quantitative estimate of drug-likeness (QED) is 0.539. The van der Waals surface area contributed by atoms with Crippen molar-refractivity contribution in [1.29, 1.82) is 0 Å². The van der Waals surface area contributed by atoms with Gasteiger partial charge in [-0.2, -0.15) is 0 Å². The van der Waals surface area contributed by atoms with Gasteiger partial charge in [-0.3, -0.25) is 4.79 Å². The maximum atomic E-state index is 9.97. The number of carboxylic acid groups (broad SMARTS) is 1. The van der Waals surface area contributed by atoms with Crippen LogP contribution in [0.4, 0.5) is 0 Å². The summed E-state index contributed by atoms with van der Waals surface area (Å²) in [6.07, 6.45) is 2.20. The zero-order valence-corrected chi connectivity index (χ0v) is 5.21. The lowest BCUT2D eigenvalue weighted by atomic mass is 10.1. The Morgan fingerprint density at radius 3 is 2.78 bits per heavy atom. The Hall–Kier alpha value is -0.830. The fourth-order valence-electron chi connectivity index (χ4n) is 0.522. The van der Waals surface area contributed by atoms with Crippen LogP contribution in [0.1, 0.15) is 12.8 Å². The first-order valence-electron chi connectivity index (χ1n) is 2.75. The Bertz CT molecular complexity index is 112. The molecule has 0 aromatic rings. The number of carbonyl (C=O) groups is 1. The van der Waals surface area contributed by atoms with Crippen LogP contribution in [-0.2, 0) is 4.79 Å². The Morgan fingerprint density at radius 1 is 1.89 bits per heavy atom. The zero-order chi connectivity index (χ0) is 7.28. The minimum Gasteiger partial charge on any atom is -0.481 e. The number of hydrogen-bond acceptors (Lipinski definition) is 2. The second-order valence-corrected chi connectivity index (χ2v) is 1.88. The van der Waals surface area contributed by atoms with Gasteiger partial charge in [0.1, 0.15) is 0 Å². The molecular formula is C6H11NO2. The van der Waals surface area contributed by atoms with E-state index in [4.69, 9.17) is 10.8 Å². The molecule has 0 aromatic heterocycles. The van der Waals surface area contributed by atoms with Crippen LogP contribution in [0.5, 0.6) is 0 Å². The standard InChI is InChI=1S/C6H11NO2/c1-2-3-5(7)4-6(8)9/h2,5H,1,3-4,7H2,(H,8,9). The van der Waals surface area contributed by atoms with Gasteiger partial charge in [-0.15, -0.1) is 6.58 Å². The third-order valence-electron chi connectivity index (χ3n) is 0.906. The summed E-state index contributed by atoms with van der Waals surface area (Å²) in [4.78, 5) is 9.97. The van der Waals surface area contributed by atoms with Crippen molar-refractivity contribution < 1.29 is 9.90 Å². The summed E-state index contributed by atoms with van der Waals surface area (Å²) in [5, 5.41) is 8.20. The Labute approximate surface area is 54.2 Å². The molecule has 52 valence electrons. The van der Waals surface area contributed by atoms with E-state index in [-0.39, 0.29) is 12.5 Å². The summed E-state index contributed by atoms with van der Waals surface area (Å²) in [7, 11) is 0. The molecule has 3 N–H and O–H groups in total. The van der Waals surface area contributed by atoms with Crippen molar-refractivity contribution in [3.8, 4) is 0 Å². The highest BCUT2D eigenvalue weighted by atomic mass is 16.4. The van der Waals surface area contributed by atoms with Crippen LogP contribution in [0.3, 0.4) is 0 Å². The molecule has 0 radical (unpaired) electrons. The lowest BCUT2D eigenvalue weighted by Gasteiger charge is -2.02. The van der Waals surface area contributed by atoms with E-state index < -0.39 is 5.97 Å². The second-order valence-electron chi connectivity index (χ2n) is 1.88. The van der Waals surface area contributed by atoms with Crippen molar-refractivity contribution in [2.24, 2.45) is 5.73 Å². The largest absolute Gasteiger partial charge is 0.481 e. The van der Waals surface area contributed by atoms with Crippen molar-refractivity contribution in [3.05, 3.63) is 12.7 Å². The van der Waals surface area contributed by atoms with Gasteiger partial charge in [-0.05, 0) is 6.42 Å². The van der Waals surface area contributed by atoms with Gasteiger partial charge in [0.2, 0.25) is 0 Å². The van der Waals surface area contributed by atoms with Gasteiger partial charge in [0.05, 0.1) is 6.42 Å². The first kappa shape index (κ1) is 8.17. The summed E-state index contributed by atoms with van der Waals surface area (Å²) in [5.74, 6) is -0.857. The lowest BCUT2D eigenvalue weighted by Crippen LogP contribution is -2.22. The second kappa shape index (κ2) is 4.09. The van der Waals surface area contributed by atoms with Crippen molar-refractivity contribution in [1.82, 2.24) is 0 Å². The van der Waals surface area contributed by atoms with Crippen LogP contribution in [0.15, 0.2) is 12.7 Å². The van der Waals surface area contributed by atoms with Gasteiger partial charge >= 0.3 is 5.97 Å². The van der Waals surface area contributed by atoms with E-state index in [9.17, 15) is 4.79 Å². The van der Waals surface area contributed by atoms with Crippen molar-refractivity contribution in [2.75, 3.05) is 0 Å². The van der Waals surface area contributed by atoms with Crippen LogP contribution in [0.25, 0.3) is 0 Å². The zero-order valence-electron chi connectivity index (χ0n) is 5.21. The van der Waals surface area contributed by atoms with Gasteiger partial charge in [0, 0.05) is 6.04 Å². The van der Waals surface area contributed by atoms with Gasteiger partial charge in [-0.1, -0.05) is 6.08 Å². The lowest BCUT2D eigenvalue weighted by molar-refractivity contribution is -0.137. The molecule has 0 aromatic carbocycles. The van der Waals surface area contributed by atoms with E-state index in [0.29, 0.717) is 6.42 Å². The van der Waals surface area contributed by atoms with Gasteiger partial charge < -0.3 is 10.8 Å². The van der Waals surface area contributed by atoms with Crippen LogP contribution in [0, 0.1) is 0 Å². The number of rotatable bonds is 4. The molecule has 0 spiro atoms. The van der Waals surface area contributed by atoms with E-state index in [1.165, 1.54) is 0 Å². The fraction of sp³-hybridized carbons (Fsp3) is 0.500. The molecule has 0 fully saturated rings. The molecule has 1 atom stereocenters. The minimum atomic E-state index is -0.857. The van der Waals surface area contributed by atoms with E-state index in [2.05, 4.69) is 6.58 Å². The fourth-order valence-corrected chi connectivity index (χ4v) is 0.522. The Balaban J connectivity index is 3.37. The Morgan fingerprint density at radius 2 is 2.44 bits per heavy atom. The summed E-state index contributed by atoms with van der Waals surface area (Å²) < 4.78 is 0. The molecule has 0 aliphatic carbocycles. The summed E-state index contributed by atoms with van der Waals surface area (Å²) in [6.45, 7) is 3.44. The van der Waals surface area contributed by atoms with Crippen LogP contribution < -0.4 is 5.73 Å². The Kier molecular flexibility index (Phi) is 3.71. The van der Waals surface area contributed by atoms with Gasteiger partial charge in [0.25, 0.3) is 0 Å². The first-order chi connectivity index (χ1) is 4.16. The molecule has 9 heavy (non-hydrogen) atoms. The molecule has 0 heterocycles. The summed E-state index contributed by atoms with van der Waals surface area (Å²) in [5.41, 5.74) is 5.33. The molecule has 3 nitrogen and oxygen atoms in total. The molecule has 0 aliphatic rings. The predicted molar refractivity (Wildman–Crippen MR) is 35.0 cm³/mol. The van der Waals surface area contributed by atoms with Crippen LogP contribution in [-0.4, -0.2) is 17.1 Å². The maximum absolute atomic E-state index is 9.97. The van der Waals surface area contributed by atoms with Crippen LogP contribution >= 0.6 is 0 Å². The van der Waals surface area contributed by atoms with E-state index in [1.54, 1.807) is 6.08 Å². The molecule has 0 aliphatic heterocycles. The maximum Gasteiger partial charge on any atom is 0.304 e. The summed E-state index contributed by atoms with van der Waals surface area (Å²) in [6, 6.07) is -0.278. The monoisotopic (exact) mass is 129 g/mol. The topological polar surface area (TPSA) is 63.3 Å². The molecule has 1 unspecified atom stereocenters. The van der Waals surface area contributed by atoms with Gasteiger partial charge in [0.15, 0.2) is 0 Å². The van der Waals surface area contributed by atoms with E-state index in [0.717, 1.165) is 0 Å². The smallest absolute Gasteiger partial charge is 0.304 e. The van der Waals surface area contributed by atoms with E-state index in [1.807, 2.05) is 0 Å². The third kappa shape index (κ3) is 5.03. The highest BCUT2D eigenvalue weighted by molar-refractivity contribution is 5.67. The van der Waals surface area contributed by atoms with Crippen molar-refractivity contribution >= 4 is 5.97 Å². The normalized spacial score (nSPS) is 12.6. The number of carboxylic acids is 1. The molecular weight excluding hydrogens is 118 g/mol. The molecule has 0 amide bonds. The third-order valence-corrected chi connectivity index (χ3v) is 0.906. The molecule has 0 saturated heterocycles. The minimum absolute atomic E-state index is 0.0199. The molecule has 3 heteroatoms. The molecule has 0 rings (SSSR count). The van der Waals surface area contributed by atoms with Crippen molar-refractivity contribution in [3.63, 3.8) is 0 Å². The SMILES string of the molecule is C=CCC(N)CC(=O)O. The first-order valence-corrected chi connectivity index (χ1v) is 2.75. The van der Waals surface area contributed by atoms with Crippen LogP contribution in [0.2, 0.25) is 0 Å². The molecule has 0 saturated carbocycles.